The van der Waals surface area contributed by atoms with E-state index >= 15 is 0 Å². The summed E-state index contributed by atoms with van der Waals surface area (Å²) in [4.78, 5) is 14.9. The first-order valence-corrected chi connectivity index (χ1v) is 5.90. The standard InChI is InChI=1S/C14H17N3O/c1-10-8-12(11(2)16-10)9-15-14(18)17-13-6-4-3-5-7-13/h3-8,16H,9H2,1-2H3,(H2,15,17,18). The predicted octanol–water partition coefficient (Wildman–Crippen LogP) is 2.95. The Kier molecular flexibility index (Phi) is 3.67. The quantitative estimate of drug-likeness (QED) is 0.762. The SMILES string of the molecule is Cc1cc(CNC(=O)Nc2ccccc2)c(C)[nH]1. The van der Waals surface area contributed by atoms with Gasteiger partial charge in [-0.3, -0.25) is 0 Å². The van der Waals surface area contributed by atoms with Crippen molar-refractivity contribution in [3.63, 3.8) is 0 Å². The van der Waals surface area contributed by atoms with Crippen LogP contribution >= 0.6 is 0 Å². The van der Waals surface area contributed by atoms with Crippen LogP contribution in [0.2, 0.25) is 0 Å². The fourth-order valence-corrected chi connectivity index (χ4v) is 1.84. The van der Waals surface area contributed by atoms with Gasteiger partial charge in [-0.2, -0.15) is 0 Å². The molecule has 2 amide bonds. The molecule has 0 radical (unpaired) electrons. The highest BCUT2D eigenvalue weighted by molar-refractivity contribution is 5.89. The second-order valence-corrected chi connectivity index (χ2v) is 4.28. The first-order chi connectivity index (χ1) is 8.65. The lowest BCUT2D eigenvalue weighted by atomic mass is 10.2. The molecule has 1 heterocycles. The van der Waals surface area contributed by atoms with Crippen LogP contribution in [0.4, 0.5) is 10.5 Å². The Morgan fingerprint density at radius 2 is 1.94 bits per heavy atom. The molecule has 4 heteroatoms. The molecule has 0 unspecified atom stereocenters. The van der Waals surface area contributed by atoms with Gasteiger partial charge < -0.3 is 15.6 Å². The van der Waals surface area contributed by atoms with Gasteiger partial charge in [0.1, 0.15) is 0 Å². The van der Waals surface area contributed by atoms with Crippen LogP contribution in [0, 0.1) is 13.8 Å². The lowest BCUT2D eigenvalue weighted by molar-refractivity contribution is 0.251. The van der Waals surface area contributed by atoms with Crippen molar-refractivity contribution in [3.05, 3.63) is 53.3 Å². The lowest BCUT2D eigenvalue weighted by Gasteiger charge is -2.07. The number of aromatic nitrogens is 1. The summed E-state index contributed by atoms with van der Waals surface area (Å²) in [5.74, 6) is 0. The van der Waals surface area contributed by atoms with Gasteiger partial charge >= 0.3 is 6.03 Å². The average Bonchev–Trinajstić information content (AvgIpc) is 2.66. The topological polar surface area (TPSA) is 56.9 Å². The number of anilines is 1. The predicted molar refractivity (Wildman–Crippen MR) is 72.6 cm³/mol. The second-order valence-electron chi connectivity index (χ2n) is 4.28. The molecule has 1 aromatic carbocycles. The number of aryl methyl sites for hydroxylation is 2. The molecule has 2 rings (SSSR count). The summed E-state index contributed by atoms with van der Waals surface area (Å²) in [7, 11) is 0. The van der Waals surface area contributed by atoms with Crippen molar-refractivity contribution in [3.8, 4) is 0 Å². The molecule has 0 saturated carbocycles. The first kappa shape index (κ1) is 12.2. The van der Waals surface area contributed by atoms with Crippen molar-refractivity contribution >= 4 is 11.7 Å². The van der Waals surface area contributed by atoms with E-state index in [1.54, 1.807) is 0 Å². The average molecular weight is 243 g/mol. The number of hydrogen-bond donors (Lipinski definition) is 3. The molecule has 0 atom stereocenters. The fraction of sp³-hybridized carbons (Fsp3) is 0.214. The van der Waals surface area contributed by atoms with Crippen molar-refractivity contribution < 1.29 is 4.79 Å². The summed E-state index contributed by atoms with van der Waals surface area (Å²) < 4.78 is 0. The molecular weight excluding hydrogens is 226 g/mol. The van der Waals surface area contributed by atoms with Crippen LogP contribution in [0.5, 0.6) is 0 Å². The van der Waals surface area contributed by atoms with Crippen LogP contribution in [0.3, 0.4) is 0 Å². The Morgan fingerprint density at radius 1 is 1.22 bits per heavy atom. The van der Waals surface area contributed by atoms with E-state index in [2.05, 4.69) is 15.6 Å². The van der Waals surface area contributed by atoms with Crippen LogP contribution in [-0.4, -0.2) is 11.0 Å². The summed E-state index contributed by atoms with van der Waals surface area (Å²) in [5.41, 5.74) is 4.09. The summed E-state index contributed by atoms with van der Waals surface area (Å²) in [6, 6.07) is 11.2. The number of nitrogens with one attached hydrogen (secondary N) is 3. The van der Waals surface area contributed by atoms with Crippen molar-refractivity contribution in [1.82, 2.24) is 10.3 Å². The number of amides is 2. The molecule has 4 nitrogen and oxygen atoms in total. The van der Waals surface area contributed by atoms with Gasteiger partial charge in [-0.1, -0.05) is 18.2 Å². The van der Waals surface area contributed by atoms with E-state index in [1.807, 2.05) is 50.2 Å². The van der Waals surface area contributed by atoms with Gasteiger partial charge in [0, 0.05) is 23.6 Å². The molecule has 0 aliphatic carbocycles. The first-order valence-electron chi connectivity index (χ1n) is 5.90. The molecule has 3 N–H and O–H groups in total. The van der Waals surface area contributed by atoms with E-state index in [9.17, 15) is 4.79 Å². The van der Waals surface area contributed by atoms with Crippen LogP contribution in [-0.2, 0) is 6.54 Å². The van der Waals surface area contributed by atoms with Gasteiger partial charge in [0.05, 0.1) is 0 Å². The number of carbonyl (C=O) groups excluding carboxylic acids is 1. The zero-order chi connectivity index (χ0) is 13.0. The van der Waals surface area contributed by atoms with Crippen LogP contribution in [0.15, 0.2) is 36.4 Å². The number of carbonyl (C=O) groups is 1. The zero-order valence-corrected chi connectivity index (χ0v) is 10.6. The second kappa shape index (κ2) is 5.40. The minimum Gasteiger partial charge on any atom is -0.362 e. The highest BCUT2D eigenvalue weighted by atomic mass is 16.2. The number of aromatic amines is 1. The van der Waals surface area contributed by atoms with E-state index < -0.39 is 0 Å². The molecule has 0 bridgehead atoms. The van der Waals surface area contributed by atoms with E-state index in [4.69, 9.17) is 0 Å². The van der Waals surface area contributed by atoms with E-state index in [-0.39, 0.29) is 6.03 Å². The minimum absolute atomic E-state index is 0.195. The Balaban J connectivity index is 1.87. The minimum atomic E-state index is -0.195. The highest BCUT2D eigenvalue weighted by Crippen LogP contribution is 2.09. The molecule has 0 aliphatic heterocycles. The van der Waals surface area contributed by atoms with Crippen molar-refractivity contribution in [2.45, 2.75) is 20.4 Å². The maximum Gasteiger partial charge on any atom is 0.319 e. The van der Waals surface area contributed by atoms with Crippen molar-refractivity contribution in [1.29, 1.82) is 0 Å². The lowest BCUT2D eigenvalue weighted by Crippen LogP contribution is -2.28. The fourth-order valence-electron chi connectivity index (χ4n) is 1.84. The highest BCUT2D eigenvalue weighted by Gasteiger charge is 2.04. The van der Waals surface area contributed by atoms with Crippen LogP contribution in [0.25, 0.3) is 0 Å². The number of hydrogen-bond acceptors (Lipinski definition) is 1. The number of para-hydroxylation sites is 1. The molecule has 0 aliphatic rings. The maximum atomic E-state index is 11.7. The van der Waals surface area contributed by atoms with Gasteiger partial charge in [0.2, 0.25) is 0 Å². The normalized spacial score (nSPS) is 10.1. The van der Waals surface area contributed by atoms with Gasteiger partial charge in [0.25, 0.3) is 0 Å². The maximum absolute atomic E-state index is 11.7. The third-order valence-corrected chi connectivity index (χ3v) is 2.73. The van der Waals surface area contributed by atoms with E-state index in [0.717, 1.165) is 22.6 Å². The molecule has 0 saturated heterocycles. The van der Waals surface area contributed by atoms with Crippen LogP contribution in [0.1, 0.15) is 17.0 Å². The van der Waals surface area contributed by atoms with Gasteiger partial charge in [-0.05, 0) is 37.6 Å². The molecule has 94 valence electrons. The molecule has 18 heavy (non-hydrogen) atoms. The summed E-state index contributed by atoms with van der Waals surface area (Å²) >= 11 is 0. The molecule has 0 spiro atoms. The monoisotopic (exact) mass is 243 g/mol. The number of urea groups is 1. The van der Waals surface area contributed by atoms with E-state index in [1.165, 1.54) is 0 Å². The summed E-state index contributed by atoms with van der Waals surface area (Å²) in [6.07, 6.45) is 0. The third kappa shape index (κ3) is 3.13. The van der Waals surface area contributed by atoms with Gasteiger partial charge in [-0.15, -0.1) is 0 Å². The molecule has 0 fully saturated rings. The molecule has 1 aromatic heterocycles. The summed E-state index contributed by atoms with van der Waals surface area (Å²) in [6.45, 7) is 4.52. The number of benzene rings is 1. The Morgan fingerprint density at radius 3 is 2.56 bits per heavy atom. The van der Waals surface area contributed by atoms with Gasteiger partial charge in [0.15, 0.2) is 0 Å². The third-order valence-electron chi connectivity index (χ3n) is 2.73. The van der Waals surface area contributed by atoms with E-state index in [0.29, 0.717) is 6.54 Å². The Hall–Kier alpha value is -2.23. The Labute approximate surface area is 106 Å². The molecule has 2 aromatic rings. The smallest absolute Gasteiger partial charge is 0.319 e. The largest absolute Gasteiger partial charge is 0.362 e. The van der Waals surface area contributed by atoms with Crippen LogP contribution < -0.4 is 10.6 Å². The van der Waals surface area contributed by atoms with Crippen molar-refractivity contribution in [2.75, 3.05) is 5.32 Å². The zero-order valence-electron chi connectivity index (χ0n) is 10.6. The number of H-pyrrole nitrogens is 1. The van der Waals surface area contributed by atoms with Gasteiger partial charge in [-0.25, -0.2) is 4.79 Å². The Bertz CT molecular complexity index is 531. The molecular formula is C14H17N3O. The summed E-state index contributed by atoms with van der Waals surface area (Å²) in [5, 5.41) is 5.61. The number of rotatable bonds is 3. The van der Waals surface area contributed by atoms with Crippen molar-refractivity contribution in [2.24, 2.45) is 0 Å².